The van der Waals surface area contributed by atoms with Crippen molar-refractivity contribution in [2.24, 2.45) is 5.92 Å². The molecule has 2 rings (SSSR count). The van der Waals surface area contributed by atoms with Crippen molar-refractivity contribution < 1.29 is 4.79 Å². The summed E-state index contributed by atoms with van der Waals surface area (Å²) in [5.41, 5.74) is 9.60. The van der Waals surface area contributed by atoms with Gasteiger partial charge in [-0.1, -0.05) is 31.7 Å². The van der Waals surface area contributed by atoms with Gasteiger partial charge in [0.1, 0.15) is 0 Å². The smallest absolute Gasteiger partial charge is 0.224 e. The molecule has 19 heavy (non-hydrogen) atoms. The van der Waals surface area contributed by atoms with Gasteiger partial charge in [-0.25, -0.2) is 0 Å². The Morgan fingerprint density at radius 1 is 1.32 bits per heavy atom. The molecule has 0 bridgehead atoms. The minimum Gasteiger partial charge on any atom is -0.397 e. The van der Waals surface area contributed by atoms with E-state index in [0.717, 1.165) is 29.2 Å². The first-order chi connectivity index (χ1) is 9.08. The summed E-state index contributed by atoms with van der Waals surface area (Å²) in [6.45, 7) is 4.03. The summed E-state index contributed by atoms with van der Waals surface area (Å²) in [6, 6.07) is 3.84. The molecule has 0 unspecified atom stereocenters. The number of benzene rings is 1. The van der Waals surface area contributed by atoms with Crippen molar-refractivity contribution in [3.8, 4) is 0 Å². The highest BCUT2D eigenvalue weighted by Gasteiger charge is 2.17. The van der Waals surface area contributed by atoms with Gasteiger partial charge in [-0.3, -0.25) is 4.79 Å². The van der Waals surface area contributed by atoms with Gasteiger partial charge in [-0.2, -0.15) is 0 Å². The number of anilines is 2. The van der Waals surface area contributed by atoms with E-state index >= 15 is 0 Å². The third-order valence-electron chi connectivity index (χ3n) is 4.29. The van der Waals surface area contributed by atoms with E-state index in [1.807, 2.05) is 26.0 Å². The van der Waals surface area contributed by atoms with E-state index in [2.05, 4.69) is 5.32 Å². The Morgan fingerprint density at radius 3 is 2.68 bits per heavy atom. The lowest BCUT2D eigenvalue weighted by Crippen LogP contribution is -2.15. The summed E-state index contributed by atoms with van der Waals surface area (Å²) in [7, 11) is 0. The first kappa shape index (κ1) is 13.9. The van der Waals surface area contributed by atoms with Gasteiger partial charge in [-0.05, 0) is 43.4 Å². The molecule has 0 spiro atoms. The molecular weight excluding hydrogens is 236 g/mol. The Labute approximate surface area is 115 Å². The highest BCUT2D eigenvalue weighted by atomic mass is 16.1. The Morgan fingerprint density at radius 2 is 2.00 bits per heavy atom. The second kappa shape index (κ2) is 6.09. The summed E-state index contributed by atoms with van der Waals surface area (Å²) in [5.74, 6) is 0.842. The van der Waals surface area contributed by atoms with Gasteiger partial charge < -0.3 is 11.1 Å². The molecule has 0 aliphatic heterocycles. The second-order valence-corrected chi connectivity index (χ2v) is 5.71. The van der Waals surface area contributed by atoms with Crippen LogP contribution in [-0.2, 0) is 4.79 Å². The molecule has 3 N–H and O–H groups in total. The topological polar surface area (TPSA) is 55.1 Å². The van der Waals surface area contributed by atoms with Crippen molar-refractivity contribution in [2.45, 2.75) is 52.4 Å². The van der Waals surface area contributed by atoms with E-state index in [9.17, 15) is 4.79 Å². The predicted octanol–water partition coefficient (Wildman–Crippen LogP) is 3.79. The van der Waals surface area contributed by atoms with Crippen LogP contribution in [0.3, 0.4) is 0 Å². The monoisotopic (exact) mass is 260 g/mol. The number of aryl methyl sites for hydroxylation is 1. The van der Waals surface area contributed by atoms with Crippen LogP contribution >= 0.6 is 0 Å². The van der Waals surface area contributed by atoms with Crippen LogP contribution in [0.5, 0.6) is 0 Å². The molecule has 1 aromatic rings. The summed E-state index contributed by atoms with van der Waals surface area (Å²) >= 11 is 0. The molecule has 1 aromatic carbocycles. The van der Waals surface area contributed by atoms with E-state index < -0.39 is 0 Å². The number of nitrogen functional groups attached to an aromatic ring is 1. The molecule has 0 saturated heterocycles. The van der Waals surface area contributed by atoms with Crippen molar-refractivity contribution in [1.82, 2.24) is 0 Å². The highest BCUT2D eigenvalue weighted by Crippen LogP contribution is 2.29. The van der Waals surface area contributed by atoms with Crippen LogP contribution < -0.4 is 11.1 Å². The third-order valence-corrected chi connectivity index (χ3v) is 4.29. The maximum absolute atomic E-state index is 12.0. The van der Waals surface area contributed by atoms with Crippen molar-refractivity contribution in [1.29, 1.82) is 0 Å². The molecule has 3 heteroatoms. The highest BCUT2D eigenvalue weighted by molar-refractivity contribution is 5.95. The summed E-state index contributed by atoms with van der Waals surface area (Å²) in [6.07, 6.45) is 6.86. The lowest BCUT2D eigenvalue weighted by molar-refractivity contribution is -0.116. The quantitative estimate of drug-likeness (QED) is 0.809. The molecule has 0 aromatic heterocycles. The molecule has 0 atom stereocenters. The number of hydrogen-bond donors (Lipinski definition) is 2. The van der Waals surface area contributed by atoms with E-state index in [4.69, 9.17) is 5.73 Å². The Hall–Kier alpha value is -1.51. The minimum atomic E-state index is 0.0901. The molecule has 1 amide bonds. The summed E-state index contributed by atoms with van der Waals surface area (Å²) in [4.78, 5) is 12.0. The fourth-order valence-electron chi connectivity index (χ4n) is 2.84. The van der Waals surface area contributed by atoms with E-state index in [1.54, 1.807) is 0 Å². The van der Waals surface area contributed by atoms with Gasteiger partial charge in [0.15, 0.2) is 0 Å². The number of rotatable bonds is 4. The lowest BCUT2D eigenvalue weighted by atomic mass is 10.0. The van der Waals surface area contributed by atoms with Crippen molar-refractivity contribution in [3.63, 3.8) is 0 Å². The first-order valence-corrected chi connectivity index (χ1v) is 7.23. The number of nitrogens with two attached hydrogens (primary N) is 1. The average Bonchev–Trinajstić information content (AvgIpc) is 2.90. The molecule has 0 heterocycles. The fraction of sp³-hybridized carbons (Fsp3) is 0.562. The van der Waals surface area contributed by atoms with Crippen molar-refractivity contribution >= 4 is 17.3 Å². The van der Waals surface area contributed by atoms with E-state index in [0.29, 0.717) is 12.1 Å². The molecule has 104 valence electrons. The molecule has 1 fully saturated rings. The molecule has 0 radical (unpaired) electrons. The van der Waals surface area contributed by atoms with Crippen LogP contribution in [0.15, 0.2) is 12.1 Å². The zero-order valence-corrected chi connectivity index (χ0v) is 12.0. The fourth-order valence-corrected chi connectivity index (χ4v) is 2.84. The molecular formula is C16H24N2O. The maximum atomic E-state index is 12.0. The first-order valence-electron chi connectivity index (χ1n) is 7.23. The zero-order valence-electron chi connectivity index (χ0n) is 12.0. The van der Waals surface area contributed by atoms with E-state index in [-0.39, 0.29) is 5.91 Å². The summed E-state index contributed by atoms with van der Waals surface area (Å²) in [5, 5.41) is 2.98. The van der Waals surface area contributed by atoms with Gasteiger partial charge in [-0.15, -0.1) is 0 Å². The standard InChI is InChI=1S/C16H24N2O/c1-11-7-9-14(17)16(12(11)2)18-15(19)10-8-13-5-3-4-6-13/h7,9,13H,3-6,8,10,17H2,1-2H3,(H,18,19). The van der Waals surface area contributed by atoms with Gasteiger partial charge in [0.2, 0.25) is 5.91 Å². The SMILES string of the molecule is Cc1ccc(N)c(NC(=O)CCC2CCCC2)c1C. The second-order valence-electron chi connectivity index (χ2n) is 5.71. The number of carbonyl (C=O) groups excluding carboxylic acids is 1. The van der Waals surface area contributed by atoms with E-state index in [1.165, 1.54) is 25.7 Å². The van der Waals surface area contributed by atoms with Gasteiger partial charge in [0.05, 0.1) is 11.4 Å². The van der Waals surface area contributed by atoms with Gasteiger partial charge >= 0.3 is 0 Å². The van der Waals surface area contributed by atoms with Crippen LogP contribution in [0.2, 0.25) is 0 Å². The number of nitrogens with one attached hydrogen (secondary N) is 1. The lowest BCUT2D eigenvalue weighted by Gasteiger charge is -2.14. The third kappa shape index (κ3) is 3.49. The van der Waals surface area contributed by atoms with Crippen LogP contribution in [-0.4, -0.2) is 5.91 Å². The zero-order chi connectivity index (χ0) is 13.8. The van der Waals surface area contributed by atoms with Crippen LogP contribution in [0.4, 0.5) is 11.4 Å². The summed E-state index contributed by atoms with van der Waals surface area (Å²) < 4.78 is 0. The largest absolute Gasteiger partial charge is 0.397 e. The molecule has 3 nitrogen and oxygen atoms in total. The molecule has 1 saturated carbocycles. The van der Waals surface area contributed by atoms with Crippen LogP contribution in [0, 0.1) is 19.8 Å². The Balaban J connectivity index is 1.93. The normalized spacial score (nSPS) is 15.7. The molecule has 1 aliphatic rings. The average molecular weight is 260 g/mol. The van der Waals surface area contributed by atoms with Crippen LogP contribution in [0.1, 0.15) is 49.7 Å². The molecule has 1 aliphatic carbocycles. The minimum absolute atomic E-state index is 0.0901. The van der Waals surface area contributed by atoms with Crippen molar-refractivity contribution in [3.05, 3.63) is 23.3 Å². The van der Waals surface area contributed by atoms with Gasteiger partial charge in [0, 0.05) is 6.42 Å². The number of carbonyl (C=O) groups is 1. The Kier molecular flexibility index (Phi) is 4.46. The predicted molar refractivity (Wildman–Crippen MR) is 80.2 cm³/mol. The number of hydrogen-bond acceptors (Lipinski definition) is 2. The van der Waals surface area contributed by atoms with Crippen LogP contribution in [0.25, 0.3) is 0 Å². The number of amides is 1. The van der Waals surface area contributed by atoms with Gasteiger partial charge in [0.25, 0.3) is 0 Å². The maximum Gasteiger partial charge on any atom is 0.224 e. The van der Waals surface area contributed by atoms with Crippen molar-refractivity contribution in [2.75, 3.05) is 11.1 Å². The Bertz CT molecular complexity index is 462.